The van der Waals surface area contributed by atoms with Crippen LogP contribution in [-0.2, 0) is 24.7 Å². The van der Waals surface area contributed by atoms with Gasteiger partial charge in [-0.3, -0.25) is 9.69 Å². The van der Waals surface area contributed by atoms with Gasteiger partial charge in [0.25, 0.3) is 0 Å². The van der Waals surface area contributed by atoms with E-state index in [4.69, 9.17) is 9.47 Å². The van der Waals surface area contributed by atoms with Gasteiger partial charge >= 0.3 is 11.9 Å². The summed E-state index contributed by atoms with van der Waals surface area (Å²) >= 11 is 0. The maximum Gasteiger partial charge on any atom is 0.356 e. The molecule has 0 aliphatic heterocycles. The van der Waals surface area contributed by atoms with E-state index in [1.807, 2.05) is 30.3 Å². The number of hydrogen-bond acceptors (Lipinski definition) is 5. The van der Waals surface area contributed by atoms with Gasteiger partial charge in [-0.1, -0.05) is 134 Å². The average Bonchev–Trinajstić information content (AvgIpc) is 2.97. The average molecular weight is 540 g/mol. The predicted molar refractivity (Wildman–Crippen MR) is 159 cm³/mol. The highest BCUT2D eigenvalue weighted by Gasteiger charge is 2.52. The van der Waals surface area contributed by atoms with Gasteiger partial charge in [0.1, 0.15) is 0 Å². The molecule has 0 bridgehead atoms. The standard InChI is InChI=1S/C34H53NO4/c1-4-7-8-9-10-11-12-13-20-27-32(36)39-34(30-23-16-14-17-24-30,31-25-18-15-19-26-31)33(37)38-29-22-21-28-35(5-2)6-3/h14,16-17,23-24,31H,4-13,15,18-20,25-29H2,1-3H3. The first-order valence-corrected chi connectivity index (χ1v) is 15.7. The molecule has 1 unspecified atom stereocenters. The first-order valence-electron chi connectivity index (χ1n) is 15.7. The third-order valence-electron chi connectivity index (χ3n) is 8.04. The molecule has 1 aromatic rings. The van der Waals surface area contributed by atoms with Crippen LogP contribution in [0.1, 0.15) is 123 Å². The third-order valence-corrected chi connectivity index (χ3v) is 8.04. The Kier molecular flexibility index (Phi) is 16.6. The van der Waals surface area contributed by atoms with Gasteiger partial charge in [-0.15, -0.1) is 0 Å². The molecule has 0 radical (unpaired) electrons. The number of rotatable bonds is 18. The zero-order chi connectivity index (χ0) is 28.2. The predicted octanol–water partition coefficient (Wildman–Crippen LogP) is 7.81. The summed E-state index contributed by atoms with van der Waals surface area (Å²) in [5.74, 6) is 5.20. The summed E-state index contributed by atoms with van der Waals surface area (Å²) in [5.41, 5.74) is -0.711. The quantitative estimate of drug-likeness (QED) is 0.108. The number of carbonyl (C=O) groups excluding carboxylic acids is 2. The lowest BCUT2D eigenvalue weighted by atomic mass is 9.73. The van der Waals surface area contributed by atoms with Crippen LogP contribution in [0.2, 0.25) is 0 Å². The minimum absolute atomic E-state index is 0.00277. The molecular weight excluding hydrogens is 486 g/mol. The largest absolute Gasteiger partial charge is 0.449 e. The van der Waals surface area contributed by atoms with E-state index >= 15 is 0 Å². The molecule has 5 heteroatoms. The number of ether oxygens (including phenoxy) is 2. The van der Waals surface area contributed by atoms with Crippen LogP contribution in [0.25, 0.3) is 0 Å². The van der Waals surface area contributed by atoms with Gasteiger partial charge in [-0.25, -0.2) is 4.79 Å². The Morgan fingerprint density at radius 1 is 0.846 bits per heavy atom. The van der Waals surface area contributed by atoms with E-state index in [2.05, 4.69) is 37.5 Å². The summed E-state index contributed by atoms with van der Waals surface area (Å²) in [7, 11) is 0. The van der Waals surface area contributed by atoms with Gasteiger partial charge in [0.15, 0.2) is 6.61 Å². The molecule has 0 amide bonds. The first kappa shape index (κ1) is 32.9. The van der Waals surface area contributed by atoms with Gasteiger partial charge in [0, 0.05) is 17.9 Å². The number of unbranched alkanes of at least 4 members (excludes halogenated alkanes) is 8. The fourth-order valence-electron chi connectivity index (χ4n) is 5.58. The van der Waals surface area contributed by atoms with E-state index in [1.165, 1.54) is 38.5 Å². The summed E-state index contributed by atoms with van der Waals surface area (Å²) in [6.07, 6.45) is 15.8. The Hall–Kier alpha value is -2.32. The Labute approximate surface area is 238 Å². The van der Waals surface area contributed by atoms with Crippen LogP contribution >= 0.6 is 0 Å². The van der Waals surface area contributed by atoms with Crippen LogP contribution in [0.15, 0.2) is 30.3 Å². The molecule has 1 fully saturated rings. The van der Waals surface area contributed by atoms with Crippen molar-refractivity contribution in [3.05, 3.63) is 35.9 Å². The van der Waals surface area contributed by atoms with Gasteiger partial charge < -0.3 is 9.47 Å². The molecule has 0 heterocycles. The second kappa shape index (κ2) is 19.7. The zero-order valence-corrected chi connectivity index (χ0v) is 25.0. The number of benzene rings is 1. The van der Waals surface area contributed by atoms with Crippen molar-refractivity contribution in [2.45, 2.75) is 123 Å². The molecule has 1 aliphatic carbocycles. The maximum absolute atomic E-state index is 13.9. The van der Waals surface area contributed by atoms with Crippen LogP contribution in [0.3, 0.4) is 0 Å². The highest BCUT2D eigenvalue weighted by atomic mass is 16.6. The summed E-state index contributed by atoms with van der Waals surface area (Å²) < 4.78 is 12.0. The minimum Gasteiger partial charge on any atom is -0.449 e. The van der Waals surface area contributed by atoms with Crippen molar-refractivity contribution in [1.29, 1.82) is 0 Å². The molecule has 5 nitrogen and oxygen atoms in total. The van der Waals surface area contributed by atoms with Crippen molar-refractivity contribution in [3.8, 4) is 11.8 Å². The molecule has 0 aromatic heterocycles. The Bertz CT molecular complexity index is 864. The smallest absolute Gasteiger partial charge is 0.356 e. The van der Waals surface area contributed by atoms with Crippen molar-refractivity contribution >= 4 is 11.9 Å². The summed E-state index contributed by atoms with van der Waals surface area (Å²) in [6, 6.07) is 9.52. The fraction of sp³-hybridized carbons (Fsp3) is 0.706. The van der Waals surface area contributed by atoms with Crippen molar-refractivity contribution in [1.82, 2.24) is 4.90 Å². The van der Waals surface area contributed by atoms with Gasteiger partial charge in [0.2, 0.25) is 5.60 Å². The first-order chi connectivity index (χ1) is 19.1. The van der Waals surface area contributed by atoms with E-state index in [1.54, 1.807) is 0 Å². The molecular formula is C34H53NO4. The van der Waals surface area contributed by atoms with Crippen molar-refractivity contribution in [2.75, 3.05) is 26.2 Å². The number of hydrogen-bond donors (Lipinski definition) is 0. The van der Waals surface area contributed by atoms with Crippen LogP contribution in [0, 0.1) is 17.8 Å². The third kappa shape index (κ3) is 11.4. The van der Waals surface area contributed by atoms with E-state index in [9.17, 15) is 9.59 Å². The van der Waals surface area contributed by atoms with Crippen LogP contribution < -0.4 is 0 Å². The Morgan fingerprint density at radius 3 is 2.08 bits per heavy atom. The normalized spacial score (nSPS) is 15.3. The zero-order valence-electron chi connectivity index (χ0n) is 25.0. The number of nitrogens with zero attached hydrogens (tertiary/aromatic N) is 1. The molecule has 1 aromatic carbocycles. The summed E-state index contributed by atoms with van der Waals surface area (Å²) in [6.45, 7) is 8.95. The molecule has 0 N–H and O–H groups in total. The van der Waals surface area contributed by atoms with Gasteiger partial charge in [-0.05, 0) is 32.4 Å². The molecule has 39 heavy (non-hydrogen) atoms. The number of esters is 2. The molecule has 0 saturated heterocycles. The maximum atomic E-state index is 13.9. The van der Waals surface area contributed by atoms with E-state index < -0.39 is 11.6 Å². The second-order valence-electron chi connectivity index (χ2n) is 10.9. The van der Waals surface area contributed by atoms with Crippen LogP contribution in [0.4, 0.5) is 0 Å². The topological polar surface area (TPSA) is 55.8 Å². The highest BCUT2D eigenvalue weighted by molar-refractivity contribution is 5.85. The molecule has 0 spiro atoms. The monoisotopic (exact) mass is 539 g/mol. The molecule has 2 rings (SSSR count). The Balaban J connectivity index is 2.08. The Morgan fingerprint density at radius 2 is 1.46 bits per heavy atom. The molecule has 1 aliphatic rings. The van der Waals surface area contributed by atoms with Crippen molar-refractivity contribution in [2.24, 2.45) is 5.92 Å². The molecule has 218 valence electrons. The molecule has 1 saturated carbocycles. The van der Waals surface area contributed by atoms with E-state index in [0.29, 0.717) is 18.5 Å². The highest BCUT2D eigenvalue weighted by Crippen LogP contribution is 2.43. The van der Waals surface area contributed by atoms with Gasteiger partial charge in [0.05, 0.1) is 6.54 Å². The SMILES string of the molecule is CCCCCCCCCCCC(=O)OC(C(=O)OCC#CCN(CC)CC)(c1ccccc1)C1CCCCC1. The van der Waals surface area contributed by atoms with Crippen LogP contribution in [0.5, 0.6) is 0 Å². The van der Waals surface area contributed by atoms with Crippen LogP contribution in [-0.4, -0.2) is 43.1 Å². The van der Waals surface area contributed by atoms with E-state index in [-0.39, 0.29) is 18.5 Å². The second-order valence-corrected chi connectivity index (χ2v) is 10.9. The van der Waals surface area contributed by atoms with Crippen molar-refractivity contribution in [3.63, 3.8) is 0 Å². The van der Waals surface area contributed by atoms with Gasteiger partial charge in [-0.2, -0.15) is 0 Å². The summed E-state index contributed by atoms with van der Waals surface area (Å²) in [5, 5.41) is 0. The lowest BCUT2D eigenvalue weighted by Crippen LogP contribution is -2.49. The van der Waals surface area contributed by atoms with E-state index in [0.717, 1.165) is 64.5 Å². The lowest BCUT2D eigenvalue weighted by molar-refractivity contribution is -0.193. The number of carbonyl (C=O) groups is 2. The fourth-order valence-corrected chi connectivity index (χ4v) is 5.58. The lowest BCUT2D eigenvalue weighted by Gasteiger charge is -2.40. The molecule has 1 atom stereocenters. The van der Waals surface area contributed by atoms with Crippen molar-refractivity contribution < 1.29 is 19.1 Å². The summed E-state index contributed by atoms with van der Waals surface area (Å²) in [4.78, 5) is 29.3. The minimum atomic E-state index is -1.42.